The summed E-state index contributed by atoms with van der Waals surface area (Å²) < 4.78 is 21.4. The second-order valence-corrected chi connectivity index (χ2v) is 6.32. The number of amides is 1. The van der Waals surface area contributed by atoms with Crippen LogP contribution in [0.5, 0.6) is 11.5 Å². The van der Waals surface area contributed by atoms with E-state index in [-0.39, 0.29) is 17.6 Å². The van der Waals surface area contributed by atoms with Crippen molar-refractivity contribution in [1.29, 1.82) is 0 Å². The Morgan fingerprint density at radius 1 is 1.19 bits per heavy atom. The predicted molar refractivity (Wildman–Crippen MR) is 96.8 cm³/mol. The fourth-order valence-electron chi connectivity index (χ4n) is 3.48. The molecule has 4 rings (SSSR count). The molecule has 0 aliphatic carbocycles. The number of carbonyl (C=O) groups is 1. The molecule has 3 aromatic rings. The Balaban J connectivity index is 1.61. The molecule has 1 fully saturated rings. The first kappa shape index (κ1) is 17.2. The van der Waals surface area contributed by atoms with Gasteiger partial charge in [-0.2, -0.15) is 0 Å². The van der Waals surface area contributed by atoms with Crippen molar-refractivity contribution in [3.8, 4) is 23.0 Å². The van der Waals surface area contributed by atoms with Crippen LogP contribution < -0.4 is 9.47 Å². The summed E-state index contributed by atoms with van der Waals surface area (Å²) in [4.78, 5) is 14.9. The Morgan fingerprint density at radius 2 is 2.07 bits per heavy atom. The number of nitrogens with zero attached hydrogens (tertiary/aromatic N) is 2. The van der Waals surface area contributed by atoms with E-state index in [1.807, 2.05) is 23.1 Å². The van der Waals surface area contributed by atoms with Crippen molar-refractivity contribution in [2.24, 2.45) is 0 Å². The maximum Gasteiger partial charge on any atom is 0.276 e. The Labute approximate surface area is 156 Å². The highest BCUT2D eigenvalue weighted by molar-refractivity contribution is 5.93. The number of benzene rings is 1. The Hall–Kier alpha value is -3.22. The standard InChI is InChI=1S/C20H20N2O5/c1-24-13-7-8-14(18(11-13)25-2)16-5-3-9-22(16)20(23)15-12-19(27-21-15)17-6-4-10-26-17/h4,6-8,10-12,16H,3,5,9H2,1-2H3. The molecule has 1 atom stereocenters. The molecule has 0 N–H and O–H groups in total. The molecule has 1 amide bonds. The third kappa shape index (κ3) is 3.16. The third-order valence-corrected chi connectivity index (χ3v) is 4.81. The second kappa shape index (κ2) is 7.19. The largest absolute Gasteiger partial charge is 0.497 e. The predicted octanol–water partition coefficient (Wildman–Crippen LogP) is 3.93. The zero-order valence-electron chi connectivity index (χ0n) is 15.2. The number of rotatable bonds is 5. The molecule has 0 bridgehead atoms. The monoisotopic (exact) mass is 368 g/mol. The Kier molecular flexibility index (Phi) is 4.58. The number of hydrogen-bond acceptors (Lipinski definition) is 6. The van der Waals surface area contributed by atoms with Gasteiger partial charge in [-0.15, -0.1) is 0 Å². The molecule has 1 saturated heterocycles. The zero-order valence-corrected chi connectivity index (χ0v) is 15.2. The van der Waals surface area contributed by atoms with Crippen molar-refractivity contribution >= 4 is 5.91 Å². The maximum atomic E-state index is 13.0. The molecule has 27 heavy (non-hydrogen) atoms. The average molecular weight is 368 g/mol. The number of aromatic nitrogens is 1. The van der Waals surface area contributed by atoms with Crippen LogP contribution in [0.1, 0.15) is 34.9 Å². The van der Waals surface area contributed by atoms with Gasteiger partial charge in [0, 0.05) is 24.2 Å². The van der Waals surface area contributed by atoms with E-state index in [4.69, 9.17) is 18.4 Å². The summed E-state index contributed by atoms with van der Waals surface area (Å²) in [6.07, 6.45) is 3.32. The number of methoxy groups -OCH3 is 2. The third-order valence-electron chi connectivity index (χ3n) is 4.81. The van der Waals surface area contributed by atoms with Gasteiger partial charge in [-0.3, -0.25) is 4.79 Å². The molecular weight excluding hydrogens is 348 g/mol. The molecule has 1 unspecified atom stereocenters. The lowest BCUT2D eigenvalue weighted by Gasteiger charge is -2.25. The minimum absolute atomic E-state index is 0.0814. The lowest BCUT2D eigenvalue weighted by atomic mass is 10.0. The smallest absolute Gasteiger partial charge is 0.276 e. The molecular formula is C20H20N2O5. The topological polar surface area (TPSA) is 77.9 Å². The summed E-state index contributed by atoms with van der Waals surface area (Å²) in [5.74, 6) is 2.22. The van der Waals surface area contributed by atoms with Crippen LogP contribution in [0.25, 0.3) is 11.5 Å². The molecule has 1 aliphatic heterocycles. The van der Waals surface area contributed by atoms with E-state index in [1.54, 1.807) is 38.7 Å². The summed E-state index contributed by atoms with van der Waals surface area (Å²) in [7, 11) is 3.23. The van der Waals surface area contributed by atoms with Crippen molar-refractivity contribution in [3.05, 3.63) is 53.9 Å². The molecule has 3 heterocycles. The summed E-state index contributed by atoms with van der Waals surface area (Å²) in [6.45, 7) is 0.654. The molecule has 0 radical (unpaired) electrons. The molecule has 0 saturated carbocycles. The maximum absolute atomic E-state index is 13.0. The van der Waals surface area contributed by atoms with Gasteiger partial charge in [-0.25, -0.2) is 0 Å². The highest BCUT2D eigenvalue weighted by Gasteiger charge is 2.34. The van der Waals surface area contributed by atoms with Crippen molar-refractivity contribution < 1.29 is 23.2 Å². The van der Waals surface area contributed by atoms with E-state index in [0.29, 0.717) is 29.6 Å². The van der Waals surface area contributed by atoms with Crippen LogP contribution in [-0.2, 0) is 0 Å². The number of furan rings is 1. The Bertz CT molecular complexity index is 932. The summed E-state index contributed by atoms with van der Waals surface area (Å²) in [6, 6.07) is 10.7. The number of carbonyl (C=O) groups excluding carboxylic acids is 1. The van der Waals surface area contributed by atoms with E-state index in [0.717, 1.165) is 18.4 Å². The van der Waals surface area contributed by atoms with E-state index in [9.17, 15) is 4.79 Å². The zero-order chi connectivity index (χ0) is 18.8. The number of hydrogen-bond donors (Lipinski definition) is 0. The van der Waals surface area contributed by atoms with Gasteiger partial charge in [0.05, 0.1) is 26.5 Å². The molecule has 1 aliphatic rings. The fraction of sp³-hybridized carbons (Fsp3) is 0.300. The lowest BCUT2D eigenvalue weighted by molar-refractivity contribution is 0.0723. The van der Waals surface area contributed by atoms with Crippen molar-refractivity contribution in [3.63, 3.8) is 0 Å². The van der Waals surface area contributed by atoms with Gasteiger partial charge in [0.15, 0.2) is 11.5 Å². The van der Waals surface area contributed by atoms with E-state index < -0.39 is 0 Å². The van der Waals surface area contributed by atoms with Crippen LogP contribution in [0, 0.1) is 0 Å². The van der Waals surface area contributed by atoms with E-state index in [2.05, 4.69) is 5.16 Å². The van der Waals surface area contributed by atoms with E-state index >= 15 is 0 Å². The van der Waals surface area contributed by atoms with Gasteiger partial charge in [0.1, 0.15) is 11.5 Å². The van der Waals surface area contributed by atoms with Crippen LogP contribution in [0.2, 0.25) is 0 Å². The van der Waals surface area contributed by atoms with Gasteiger partial charge in [-0.05, 0) is 37.1 Å². The van der Waals surface area contributed by atoms with Crippen LogP contribution >= 0.6 is 0 Å². The molecule has 7 nitrogen and oxygen atoms in total. The van der Waals surface area contributed by atoms with Crippen LogP contribution in [0.3, 0.4) is 0 Å². The summed E-state index contributed by atoms with van der Waals surface area (Å²) >= 11 is 0. The number of likely N-dealkylation sites (tertiary alicyclic amines) is 1. The minimum atomic E-state index is -0.170. The van der Waals surface area contributed by atoms with Gasteiger partial charge >= 0.3 is 0 Å². The SMILES string of the molecule is COc1ccc(C2CCCN2C(=O)c2cc(-c3ccco3)on2)c(OC)c1. The molecule has 140 valence electrons. The first-order chi connectivity index (χ1) is 13.2. The highest BCUT2D eigenvalue weighted by Crippen LogP contribution is 2.39. The van der Waals surface area contributed by atoms with Crippen molar-refractivity contribution in [2.75, 3.05) is 20.8 Å². The molecule has 1 aromatic carbocycles. The van der Waals surface area contributed by atoms with Gasteiger partial charge in [-0.1, -0.05) is 5.16 Å². The molecule has 0 spiro atoms. The second-order valence-electron chi connectivity index (χ2n) is 6.32. The van der Waals surface area contributed by atoms with Crippen molar-refractivity contribution in [2.45, 2.75) is 18.9 Å². The summed E-state index contributed by atoms with van der Waals surface area (Å²) in [5.41, 5.74) is 1.22. The van der Waals surface area contributed by atoms with E-state index in [1.165, 1.54) is 0 Å². The highest BCUT2D eigenvalue weighted by atomic mass is 16.5. The van der Waals surface area contributed by atoms with Crippen LogP contribution in [-0.4, -0.2) is 36.7 Å². The first-order valence-corrected chi connectivity index (χ1v) is 8.74. The number of ether oxygens (including phenoxy) is 2. The first-order valence-electron chi connectivity index (χ1n) is 8.74. The minimum Gasteiger partial charge on any atom is -0.497 e. The molecule has 2 aromatic heterocycles. The lowest BCUT2D eigenvalue weighted by Crippen LogP contribution is -2.31. The van der Waals surface area contributed by atoms with Gasteiger partial charge in [0.2, 0.25) is 5.76 Å². The molecule has 7 heteroatoms. The van der Waals surface area contributed by atoms with Crippen LogP contribution in [0.4, 0.5) is 0 Å². The average Bonchev–Trinajstić information content (AvgIpc) is 3.47. The van der Waals surface area contributed by atoms with Crippen molar-refractivity contribution in [1.82, 2.24) is 10.1 Å². The fourth-order valence-corrected chi connectivity index (χ4v) is 3.48. The Morgan fingerprint density at radius 3 is 2.81 bits per heavy atom. The summed E-state index contributed by atoms with van der Waals surface area (Å²) in [5, 5.41) is 3.94. The normalized spacial score (nSPS) is 16.5. The quantitative estimate of drug-likeness (QED) is 0.679. The van der Waals surface area contributed by atoms with Gasteiger partial charge < -0.3 is 23.3 Å². The van der Waals surface area contributed by atoms with Crippen LogP contribution in [0.15, 0.2) is 51.6 Å². The van der Waals surface area contributed by atoms with Gasteiger partial charge in [0.25, 0.3) is 5.91 Å².